The van der Waals surface area contributed by atoms with Crippen molar-refractivity contribution in [3.8, 4) is 11.5 Å². The van der Waals surface area contributed by atoms with Gasteiger partial charge in [-0.3, -0.25) is 4.79 Å². The Labute approximate surface area is 159 Å². The van der Waals surface area contributed by atoms with Crippen LogP contribution in [0.2, 0.25) is 0 Å². The average molecular weight is 384 g/mol. The van der Waals surface area contributed by atoms with Gasteiger partial charge in [-0.25, -0.2) is 9.37 Å². The quantitative estimate of drug-likeness (QED) is 0.642. The van der Waals surface area contributed by atoms with Gasteiger partial charge in [-0.2, -0.15) is 4.98 Å². The average Bonchev–Trinajstić information content (AvgIpc) is 3.40. The number of thioether (sulfide) groups is 1. The minimum Gasteiger partial charge on any atom is -0.334 e. The summed E-state index contributed by atoms with van der Waals surface area (Å²) < 4.78 is 18.6. The SMILES string of the molecule is Cc1ccc(F)cc1NC(=O)CSc1ccc(-c2nc(C3CC3)no2)cn1. The van der Waals surface area contributed by atoms with Crippen LogP contribution in [-0.2, 0) is 4.79 Å². The maximum Gasteiger partial charge on any atom is 0.259 e. The van der Waals surface area contributed by atoms with E-state index in [1.165, 1.54) is 23.9 Å². The molecule has 0 bridgehead atoms. The summed E-state index contributed by atoms with van der Waals surface area (Å²) in [6.45, 7) is 1.81. The number of hydrogen-bond acceptors (Lipinski definition) is 6. The number of carbonyl (C=O) groups is 1. The van der Waals surface area contributed by atoms with Gasteiger partial charge < -0.3 is 9.84 Å². The Kier molecular flexibility index (Phi) is 4.89. The van der Waals surface area contributed by atoms with Gasteiger partial charge >= 0.3 is 0 Å². The number of rotatable bonds is 6. The van der Waals surface area contributed by atoms with Crippen LogP contribution in [0.3, 0.4) is 0 Å². The molecule has 4 rings (SSSR count). The van der Waals surface area contributed by atoms with Crippen molar-refractivity contribution in [2.45, 2.75) is 30.7 Å². The minimum absolute atomic E-state index is 0.175. The number of aryl methyl sites for hydroxylation is 1. The number of nitrogens with one attached hydrogen (secondary N) is 1. The van der Waals surface area contributed by atoms with Gasteiger partial charge in [0.1, 0.15) is 5.82 Å². The van der Waals surface area contributed by atoms with Gasteiger partial charge in [-0.15, -0.1) is 0 Å². The number of amides is 1. The molecule has 0 spiro atoms. The second kappa shape index (κ2) is 7.48. The molecule has 2 heterocycles. The monoisotopic (exact) mass is 384 g/mol. The summed E-state index contributed by atoms with van der Waals surface area (Å²) in [7, 11) is 0. The predicted octanol–water partition coefficient (Wildman–Crippen LogP) is 4.19. The Morgan fingerprint density at radius 3 is 2.93 bits per heavy atom. The van der Waals surface area contributed by atoms with Crippen LogP contribution < -0.4 is 5.32 Å². The number of benzene rings is 1. The molecule has 1 aromatic carbocycles. The van der Waals surface area contributed by atoms with E-state index < -0.39 is 0 Å². The minimum atomic E-state index is -0.383. The first-order chi connectivity index (χ1) is 13.1. The van der Waals surface area contributed by atoms with Crippen LogP contribution in [0, 0.1) is 12.7 Å². The Balaban J connectivity index is 1.34. The molecule has 138 valence electrons. The van der Waals surface area contributed by atoms with Crippen molar-refractivity contribution in [1.82, 2.24) is 15.1 Å². The van der Waals surface area contributed by atoms with Crippen LogP contribution >= 0.6 is 11.8 Å². The molecular formula is C19H17FN4O2S. The highest BCUT2D eigenvalue weighted by molar-refractivity contribution is 7.99. The molecule has 8 heteroatoms. The van der Waals surface area contributed by atoms with Crippen LogP contribution in [-0.4, -0.2) is 26.8 Å². The Morgan fingerprint density at radius 2 is 2.19 bits per heavy atom. The zero-order valence-electron chi connectivity index (χ0n) is 14.6. The van der Waals surface area contributed by atoms with Crippen LogP contribution in [0.15, 0.2) is 46.1 Å². The number of pyridine rings is 1. The molecule has 1 aliphatic rings. The van der Waals surface area contributed by atoms with Gasteiger partial charge in [-0.1, -0.05) is 23.0 Å². The smallest absolute Gasteiger partial charge is 0.259 e. The molecule has 1 amide bonds. The molecule has 0 unspecified atom stereocenters. The lowest BCUT2D eigenvalue weighted by Gasteiger charge is -2.08. The Morgan fingerprint density at radius 1 is 1.33 bits per heavy atom. The summed E-state index contributed by atoms with van der Waals surface area (Å²) in [6.07, 6.45) is 3.88. The lowest BCUT2D eigenvalue weighted by molar-refractivity contribution is -0.113. The first kappa shape index (κ1) is 17.7. The zero-order chi connectivity index (χ0) is 18.8. The highest BCUT2D eigenvalue weighted by Gasteiger charge is 2.29. The summed E-state index contributed by atoms with van der Waals surface area (Å²) >= 11 is 1.30. The molecule has 6 nitrogen and oxygen atoms in total. The van der Waals surface area contributed by atoms with Gasteiger partial charge in [0, 0.05) is 17.8 Å². The van der Waals surface area contributed by atoms with Crippen molar-refractivity contribution >= 4 is 23.4 Å². The van der Waals surface area contributed by atoms with E-state index in [0.717, 1.165) is 29.8 Å². The summed E-state index contributed by atoms with van der Waals surface area (Å²) in [5.74, 6) is 1.23. The standard InChI is InChI=1S/C19H17FN4O2S/c1-11-2-6-14(20)8-15(11)22-16(25)10-27-17-7-5-13(9-21-17)19-23-18(24-26-19)12-3-4-12/h2,5-9,12H,3-4,10H2,1H3,(H,22,25). The fourth-order valence-corrected chi connectivity index (χ4v) is 3.15. The fourth-order valence-electron chi connectivity index (χ4n) is 2.51. The zero-order valence-corrected chi connectivity index (χ0v) is 15.4. The van der Waals surface area contributed by atoms with Crippen molar-refractivity contribution in [2.75, 3.05) is 11.1 Å². The third-order valence-corrected chi connectivity index (χ3v) is 5.14. The molecule has 2 aromatic heterocycles. The molecule has 1 N–H and O–H groups in total. The van der Waals surface area contributed by atoms with Crippen molar-refractivity contribution in [3.63, 3.8) is 0 Å². The molecule has 0 saturated heterocycles. The Hall–Kier alpha value is -2.74. The first-order valence-corrected chi connectivity index (χ1v) is 9.56. The number of aromatic nitrogens is 3. The summed E-state index contributed by atoms with van der Waals surface area (Å²) in [5, 5.41) is 7.41. The molecule has 1 fully saturated rings. The highest BCUT2D eigenvalue weighted by Crippen LogP contribution is 2.38. The highest BCUT2D eigenvalue weighted by atomic mass is 32.2. The molecule has 1 saturated carbocycles. The number of halogens is 1. The van der Waals surface area contributed by atoms with E-state index in [2.05, 4.69) is 20.4 Å². The predicted molar refractivity (Wildman–Crippen MR) is 100.0 cm³/mol. The molecule has 3 aromatic rings. The number of nitrogens with zero attached hydrogens (tertiary/aromatic N) is 3. The molecule has 1 aliphatic carbocycles. The lowest BCUT2D eigenvalue weighted by atomic mass is 10.2. The Bertz CT molecular complexity index is 970. The van der Waals surface area contributed by atoms with Crippen LogP contribution in [0.5, 0.6) is 0 Å². The van der Waals surface area contributed by atoms with Crippen LogP contribution in [0.25, 0.3) is 11.5 Å². The third-order valence-electron chi connectivity index (χ3n) is 4.19. The normalized spacial score (nSPS) is 13.6. The van der Waals surface area contributed by atoms with E-state index in [1.807, 2.05) is 19.1 Å². The molecule has 0 atom stereocenters. The summed E-state index contributed by atoms with van der Waals surface area (Å²) in [6, 6.07) is 7.95. The van der Waals surface area contributed by atoms with Gasteiger partial charge in [0.15, 0.2) is 5.82 Å². The number of carbonyl (C=O) groups excluding carboxylic acids is 1. The van der Waals surface area contributed by atoms with Crippen molar-refractivity contribution in [2.24, 2.45) is 0 Å². The van der Waals surface area contributed by atoms with Gasteiger partial charge in [-0.05, 0) is 49.6 Å². The maximum absolute atomic E-state index is 13.3. The number of anilines is 1. The summed E-state index contributed by atoms with van der Waals surface area (Å²) in [4.78, 5) is 20.8. The van der Waals surface area contributed by atoms with E-state index in [0.29, 0.717) is 22.5 Å². The van der Waals surface area contributed by atoms with Crippen LogP contribution in [0.1, 0.15) is 30.1 Å². The van der Waals surface area contributed by atoms with Crippen molar-refractivity contribution in [3.05, 3.63) is 53.7 Å². The van der Waals surface area contributed by atoms with E-state index >= 15 is 0 Å². The maximum atomic E-state index is 13.3. The van der Waals surface area contributed by atoms with E-state index in [1.54, 1.807) is 12.3 Å². The molecule has 0 radical (unpaired) electrons. The van der Waals surface area contributed by atoms with E-state index in [4.69, 9.17) is 4.52 Å². The van der Waals surface area contributed by atoms with Crippen molar-refractivity contribution < 1.29 is 13.7 Å². The molecule has 27 heavy (non-hydrogen) atoms. The first-order valence-electron chi connectivity index (χ1n) is 8.57. The lowest BCUT2D eigenvalue weighted by Crippen LogP contribution is -2.15. The second-order valence-corrected chi connectivity index (χ2v) is 7.41. The number of hydrogen-bond donors (Lipinski definition) is 1. The van der Waals surface area contributed by atoms with E-state index in [-0.39, 0.29) is 17.5 Å². The van der Waals surface area contributed by atoms with E-state index in [9.17, 15) is 9.18 Å². The molecule has 0 aliphatic heterocycles. The fraction of sp³-hybridized carbons (Fsp3) is 0.263. The van der Waals surface area contributed by atoms with Gasteiger partial charge in [0.25, 0.3) is 5.89 Å². The van der Waals surface area contributed by atoms with Crippen molar-refractivity contribution in [1.29, 1.82) is 0 Å². The van der Waals surface area contributed by atoms with Gasteiger partial charge in [0.2, 0.25) is 5.91 Å². The van der Waals surface area contributed by atoms with Crippen LogP contribution in [0.4, 0.5) is 10.1 Å². The third kappa shape index (κ3) is 4.33. The molecular weight excluding hydrogens is 367 g/mol. The summed E-state index contributed by atoms with van der Waals surface area (Å²) in [5.41, 5.74) is 2.03. The second-order valence-electron chi connectivity index (χ2n) is 6.41. The largest absolute Gasteiger partial charge is 0.334 e. The van der Waals surface area contributed by atoms with Gasteiger partial charge in [0.05, 0.1) is 16.3 Å². The topological polar surface area (TPSA) is 80.9 Å².